The SMILES string of the molecule is CSc1cnc(CC[C@H](C)CCc2nc3ccc(S(=O)(=O)N4CC(N(C)C)C4)cc3s2)nc1. The monoisotopic (exact) mass is 505 g/mol. The number of hydrogen-bond acceptors (Lipinski definition) is 8. The summed E-state index contributed by atoms with van der Waals surface area (Å²) >= 11 is 3.25. The Kier molecular flexibility index (Phi) is 7.69. The predicted molar refractivity (Wildman–Crippen MR) is 135 cm³/mol. The second-order valence-corrected chi connectivity index (χ2v) is 12.8. The molecule has 1 aliphatic rings. The molecule has 0 unspecified atom stereocenters. The fourth-order valence-electron chi connectivity index (χ4n) is 3.78. The van der Waals surface area contributed by atoms with Crippen molar-refractivity contribution in [3.63, 3.8) is 0 Å². The second kappa shape index (κ2) is 10.4. The number of nitrogens with zero attached hydrogens (tertiary/aromatic N) is 5. The summed E-state index contributed by atoms with van der Waals surface area (Å²) in [5, 5.41) is 1.06. The number of hydrogen-bond donors (Lipinski definition) is 0. The highest BCUT2D eigenvalue weighted by molar-refractivity contribution is 7.98. The molecule has 0 aliphatic carbocycles. The van der Waals surface area contributed by atoms with Gasteiger partial charge in [-0.2, -0.15) is 4.31 Å². The molecule has 0 bridgehead atoms. The third-order valence-electron chi connectivity index (χ3n) is 6.23. The number of benzene rings is 1. The van der Waals surface area contributed by atoms with Crippen LogP contribution in [0.5, 0.6) is 0 Å². The van der Waals surface area contributed by atoms with Gasteiger partial charge in [-0.25, -0.2) is 23.4 Å². The van der Waals surface area contributed by atoms with Gasteiger partial charge in [0.05, 0.1) is 20.1 Å². The van der Waals surface area contributed by atoms with E-state index in [9.17, 15) is 8.42 Å². The van der Waals surface area contributed by atoms with Crippen LogP contribution in [0.1, 0.15) is 30.6 Å². The molecule has 1 fully saturated rings. The number of sulfonamides is 1. The summed E-state index contributed by atoms with van der Waals surface area (Å²) in [5.74, 6) is 1.43. The summed E-state index contributed by atoms with van der Waals surface area (Å²) in [7, 11) is 0.524. The number of aryl methyl sites for hydroxylation is 2. The molecule has 1 aliphatic heterocycles. The van der Waals surface area contributed by atoms with Crippen molar-refractivity contribution in [3.05, 3.63) is 41.4 Å². The predicted octanol–water partition coefficient (Wildman–Crippen LogP) is 3.94. The van der Waals surface area contributed by atoms with Crippen molar-refractivity contribution in [2.24, 2.45) is 5.92 Å². The van der Waals surface area contributed by atoms with Crippen LogP contribution in [0.3, 0.4) is 0 Å². The third kappa shape index (κ3) is 5.74. The number of aromatic nitrogens is 3. The van der Waals surface area contributed by atoms with Crippen LogP contribution in [-0.2, 0) is 22.9 Å². The van der Waals surface area contributed by atoms with Gasteiger partial charge in [0.25, 0.3) is 0 Å². The van der Waals surface area contributed by atoms with E-state index in [4.69, 9.17) is 4.98 Å². The van der Waals surface area contributed by atoms with Gasteiger partial charge >= 0.3 is 0 Å². The molecule has 0 saturated carbocycles. The summed E-state index contributed by atoms with van der Waals surface area (Å²) in [6.45, 7) is 3.35. The molecule has 0 N–H and O–H groups in total. The minimum Gasteiger partial charge on any atom is -0.304 e. The zero-order chi connectivity index (χ0) is 23.6. The van der Waals surface area contributed by atoms with Gasteiger partial charge in [0, 0.05) is 42.8 Å². The fraction of sp³-hybridized carbons (Fsp3) is 0.522. The highest BCUT2D eigenvalue weighted by Gasteiger charge is 2.37. The van der Waals surface area contributed by atoms with Crippen molar-refractivity contribution in [3.8, 4) is 0 Å². The molecule has 1 atom stereocenters. The molecule has 0 radical (unpaired) electrons. The number of thiazole rings is 1. The van der Waals surface area contributed by atoms with Crippen LogP contribution in [0.2, 0.25) is 0 Å². The molecule has 33 heavy (non-hydrogen) atoms. The van der Waals surface area contributed by atoms with Gasteiger partial charge in [-0.1, -0.05) is 6.92 Å². The van der Waals surface area contributed by atoms with E-state index < -0.39 is 10.0 Å². The lowest BCUT2D eigenvalue weighted by Gasteiger charge is -2.41. The van der Waals surface area contributed by atoms with Crippen molar-refractivity contribution >= 4 is 43.3 Å². The van der Waals surface area contributed by atoms with Crippen molar-refractivity contribution in [1.29, 1.82) is 0 Å². The molecule has 178 valence electrons. The minimum absolute atomic E-state index is 0.293. The van der Waals surface area contributed by atoms with Gasteiger partial charge in [0.1, 0.15) is 5.82 Å². The van der Waals surface area contributed by atoms with E-state index in [1.165, 1.54) is 0 Å². The molecular weight excluding hydrogens is 474 g/mol. The molecule has 1 aromatic carbocycles. The first kappa shape index (κ1) is 24.5. The van der Waals surface area contributed by atoms with Crippen LogP contribution in [0.4, 0.5) is 0 Å². The number of likely N-dealkylation sites (N-methyl/N-ethyl adjacent to an activating group) is 1. The Bertz CT molecular complexity index is 1190. The summed E-state index contributed by atoms with van der Waals surface area (Å²) in [6.07, 6.45) is 9.64. The zero-order valence-corrected chi connectivity index (χ0v) is 22.0. The topological polar surface area (TPSA) is 79.3 Å². The largest absolute Gasteiger partial charge is 0.304 e. The number of rotatable bonds is 10. The zero-order valence-electron chi connectivity index (χ0n) is 19.6. The lowest BCUT2D eigenvalue weighted by molar-refractivity contribution is 0.134. The number of fused-ring (bicyclic) bond motifs is 1. The van der Waals surface area contributed by atoms with Gasteiger partial charge < -0.3 is 4.90 Å². The Hall–Kier alpha value is -1.59. The molecule has 2 aromatic heterocycles. The highest BCUT2D eigenvalue weighted by Crippen LogP contribution is 2.30. The van der Waals surface area contributed by atoms with E-state index in [1.54, 1.807) is 39.5 Å². The van der Waals surface area contributed by atoms with E-state index >= 15 is 0 Å². The van der Waals surface area contributed by atoms with Crippen LogP contribution < -0.4 is 0 Å². The normalized spacial score (nSPS) is 16.4. The summed E-state index contributed by atoms with van der Waals surface area (Å²) in [6, 6.07) is 5.61. The maximum atomic E-state index is 13.0. The second-order valence-electron chi connectivity index (χ2n) is 8.90. The first-order valence-corrected chi connectivity index (χ1v) is 14.7. The Morgan fingerprint density at radius 1 is 1.18 bits per heavy atom. The van der Waals surface area contributed by atoms with Gasteiger partial charge in [-0.15, -0.1) is 23.1 Å². The lowest BCUT2D eigenvalue weighted by Crippen LogP contribution is -2.58. The molecule has 3 aromatic rings. The van der Waals surface area contributed by atoms with Gasteiger partial charge in [-0.05, 0) is 63.7 Å². The van der Waals surface area contributed by atoms with Gasteiger partial charge in [-0.3, -0.25) is 0 Å². The van der Waals surface area contributed by atoms with Crippen LogP contribution in [0.15, 0.2) is 40.4 Å². The Labute approximate surface area is 204 Å². The number of thioether (sulfide) groups is 1. The van der Waals surface area contributed by atoms with E-state index in [1.807, 2.05) is 38.8 Å². The molecule has 4 rings (SSSR count). The van der Waals surface area contributed by atoms with Gasteiger partial charge in [0.15, 0.2) is 0 Å². The van der Waals surface area contributed by atoms with Crippen LogP contribution in [0.25, 0.3) is 10.2 Å². The maximum Gasteiger partial charge on any atom is 0.243 e. The third-order valence-corrected chi connectivity index (χ3v) is 9.82. The van der Waals surface area contributed by atoms with Crippen LogP contribution >= 0.6 is 23.1 Å². The van der Waals surface area contributed by atoms with E-state index in [2.05, 4.69) is 21.8 Å². The Morgan fingerprint density at radius 3 is 2.55 bits per heavy atom. The molecule has 7 nitrogen and oxygen atoms in total. The van der Waals surface area contributed by atoms with E-state index in [0.717, 1.165) is 51.6 Å². The molecule has 10 heteroatoms. The summed E-state index contributed by atoms with van der Waals surface area (Å²) in [5.41, 5.74) is 0.874. The summed E-state index contributed by atoms with van der Waals surface area (Å²) in [4.78, 5) is 17.1. The van der Waals surface area contributed by atoms with Gasteiger partial charge in [0.2, 0.25) is 10.0 Å². The summed E-state index contributed by atoms with van der Waals surface area (Å²) < 4.78 is 28.4. The molecule has 1 saturated heterocycles. The van der Waals surface area contributed by atoms with Crippen molar-refractivity contribution in [2.75, 3.05) is 33.4 Å². The van der Waals surface area contributed by atoms with Crippen molar-refractivity contribution in [2.45, 2.75) is 48.4 Å². The van der Waals surface area contributed by atoms with Crippen molar-refractivity contribution in [1.82, 2.24) is 24.2 Å². The standard InChI is InChI=1S/C23H31N5O2S3/c1-16(5-9-22-24-12-18(31-4)13-25-22)6-10-23-26-20-8-7-19(11-21(20)32-23)33(29,30)28-14-17(15-28)27(2)3/h7-8,11-13,16-17H,5-6,9-10,14-15H2,1-4H3/t16-/m0/s1. The first-order valence-electron chi connectivity index (χ1n) is 11.2. The molecule has 3 heterocycles. The average Bonchev–Trinajstić information content (AvgIpc) is 3.17. The Morgan fingerprint density at radius 2 is 1.88 bits per heavy atom. The molecule has 0 spiro atoms. The molecule has 0 amide bonds. The first-order chi connectivity index (χ1) is 15.8. The fourth-order valence-corrected chi connectivity index (χ4v) is 6.73. The highest BCUT2D eigenvalue weighted by atomic mass is 32.2. The molecular formula is C23H31N5O2S3. The van der Waals surface area contributed by atoms with Crippen LogP contribution in [0, 0.1) is 5.92 Å². The van der Waals surface area contributed by atoms with E-state index in [-0.39, 0.29) is 0 Å². The average molecular weight is 506 g/mol. The smallest absolute Gasteiger partial charge is 0.243 e. The van der Waals surface area contributed by atoms with E-state index in [0.29, 0.717) is 29.9 Å². The van der Waals surface area contributed by atoms with Crippen LogP contribution in [-0.4, -0.2) is 72.1 Å². The minimum atomic E-state index is -3.44. The lowest BCUT2D eigenvalue weighted by atomic mass is 10.00. The van der Waals surface area contributed by atoms with Crippen molar-refractivity contribution < 1.29 is 8.42 Å². The Balaban J connectivity index is 1.33. The maximum absolute atomic E-state index is 13.0. The quantitative estimate of drug-likeness (QED) is 0.386.